The third kappa shape index (κ3) is 5.16. The van der Waals surface area contributed by atoms with Crippen molar-refractivity contribution in [3.05, 3.63) is 157 Å². The quantitative estimate of drug-likeness (QED) is 0.171. The summed E-state index contributed by atoms with van der Waals surface area (Å²) in [5.41, 5.74) is 11.5. The van der Waals surface area contributed by atoms with Gasteiger partial charge in [-0.15, -0.1) is 0 Å². The maximum absolute atomic E-state index is 6.64. The van der Waals surface area contributed by atoms with E-state index in [9.17, 15) is 0 Å². The molecule has 0 aliphatic rings. The van der Waals surface area contributed by atoms with Crippen molar-refractivity contribution in [3.8, 4) is 44.9 Å². The first-order chi connectivity index (χ1) is 26.0. The Morgan fingerprint density at radius 1 is 0.352 bits per heavy atom. The van der Waals surface area contributed by atoms with Gasteiger partial charge in [0.05, 0.1) is 0 Å². The number of furan rings is 2. The van der Waals surface area contributed by atoms with E-state index in [1.54, 1.807) is 0 Å². The highest BCUT2D eigenvalue weighted by molar-refractivity contribution is 6.31. The molecule has 10 aromatic rings. The maximum Gasteiger partial charge on any atom is 0.136 e. The Morgan fingerprint density at radius 2 is 0.704 bits per heavy atom. The van der Waals surface area contributed by atoms with Crippen LogP contribution in [-0.4, -0.2) is 0 Å². The highest BCUT2D eigenvalue weighted by atomic mass is 16.3. The summed E-state index contributed by atoms with van der Waals surface area (Å²) in [4.78, 5) is 0. The Kier molecular flexibility index (Phi) is 7.04. The van der Waals surface area contributed by atoms with Crippen LogP contribution in [0, 0.1) is 0 Å². The van der Waals surface area contributed by atoms with Gasteiger partial charge in [-0.25, -0.2) is 0 Å². The van der Waals surface area contributed by atoms with E-state index in [4.69, 9.17) is 8.83 Å². The minimum atomic E-state index is 0.0646. The average molecular weight is 699 g/mol. The largest absolute Gasteiger partial charge is 0.456 e. The number of hydrogen-bond acceptors (Lipinski definition) is 2. The van der Waals surface area contributed by atoms with E-state index in [1.807, 2.05) is 12.1 Å². The van der Waals surface area contributed by atoms with Crippen LogP contribution in [0.2, 0.25) is 0 Å². The molecule has 0 amide bonds. The van der Waals surface area contributed by atoms with E-state index in [2.05, 4.69) is 175 Å². The van der Waals surface area contributed by atoms with Crippen LogP contribution in [0.15, 0.2) is 154 Å². The fourth-order valence-electron chi connectivity index (χ4n) is 8.41. The number of hydrogen-bond donors (Lipinski definition) is 0. The predicted molar refractivity (Wildman–Crippen MR) is 229 cm³/mol. The molecule has 0 bridgehead atoms. The van der Waals surface area contributed by atoms with Crippen molar-refractivity contribution >= 4 is 54.3 Å². The van der Waals surface area contributed by atoms with Gasteiger partial charge in [0, 0.05) is 21.9 Å². The molecule has 0 spiro atoms. The molecule has 8 aromatic carbocycles. The number of rotatable bonds is 4. The van der Waals surface area contributed by atoms with Crippen LogP contribution in [0.25, 0.3) is 99.2 Å². The topological polar surface area (TPSA) is 26.3 Å². The summed E-state index contributed by atoms with van der Waals surface area (Å²) in [6, 6.07) is 53.2. The van der Waals surface area contributed by atoms with Crippen molar-refractivity contribution < 1.29 is 8.83 Å². The van der Waals surface area contributed by atoms with Crippen molar-refractivity contribution in [3.63, 3.8) is 0 Å². The fourth-order valence-corrected chi connectivity index (χ4v) is 8.41. The lowest BCUT2D eigenvalue weighted by Crippen LogP contribution is -2.10. The Hall–Kier alpha value is -6.12. The molecule has 2 heteroatoms. The minimum Gasteiger partial charge on any atom is -0.456 e. The van der Waals surface area contributed by atoms with Crippen LogP contribution < -0.4 is 0 Å². The van der Waals surface area contributed by atoms with Crippen LogP contribution in [0.4, 0.5) is 0 Å². The van der Waals surface area contributed by atoms with Gasteiger partial charge in [-0.1, -0.05) is 151 Å². The molecule has 0 saturated heterocycles. The highest BCUT2D eigenvalue weighted by Gasteiger charge is 2.24. The molecule has 0 fully saturated rings. The predicted octanol–water partition coefficient (Wildman–Crippen LogP) is 15.3. The molecule has 10 rings (SSSR count). The lowest BCUT2D eigenvalue weighted by atomic mass is 9.82. The molecular weight excluding hydrogens is 657 g/mol. The Bertz CT molecular complexity index is 2750. The normalized spacial score (nSPS) is 12.6. The fraction of sp³-hybridized carbons (Fsp3) is 0.154. The van der Waals surface area contributed by atoms with E-state index in [-0.39, 0.29) is 10.8 Å². The zero-order valence-electron chi connectivity index (χ0n) is 31.7. The summed E-state index contributed by atoms with van der Waals surface area (Å²) >= 11 is 0. The zero-order valence-corrected chi connectivity index (χ0v) is 31.7. The van der Waals surface area contributed by atoms with Gasteiger partial charge in [-0.3, -0.25) is 0 Å². The second-order valence-electron chi connectivity index (χ2n) is 17.0. The maximum atomic E-state index is 6.64. The summed E-state index contributed by atoms with van der Waals surface area (Å²) in [7, 11) is 0. The number of para-hydroxylation sites is 2. The van der Waals surface area contributed by atoms with Crippen molar-refractivity contribution in [1.82, 2.24) is 0 Å². The lowest BCUT2D eigenvalue weighted by molar-refractivity contribution is 0.590. The van der Waals surface area contributed by atoms with Crippen molar-refractivity contribution in [1.29, 1.82) is 0 Å². The van der Waals surface area contributed by atoms with Crippen LogP contribution in [0.3, 0.4) is 0 Å². The summed E-state index contributed by atoms with van der Waals surface area (Å²) in [5.74, 6) is 1.74. The molecule has 0 aliphatic carbocycles. The molecule has 0 radical (unpaired) electrons. The van der Waals surface area contributed by atoms with Gasteiger partial charge in [-0.2, -0.15) is 0 Å². The van der Waals surface area contributed by atoms with Gasteiger partial charge >= 0.3 is 0 Å². The molecule has 0 atom stereocenters. The summed E-state index contributed by atoms with van der Waals surface area (Å²) in [6.45, 7) is 13.6. The summed E-state index contributed by atoms with van der Waals surface area (Å²) in [6.07, 6.45) is 0. The van der Waals surface area contributed by atoms with E-state index >= 15 is 0 Å². The average Bonchev–Trinajstić information content (AvgIpc) is 3.81. The van der Waals surface area contributed by atoms with Crippen LogP contribution in [0.1, 0.15) is 52.7 Å². The molecule has 2 nitrogen and oxygen atoms in total. The number of fused-ring (bicyclic) bond motifs is 2. The number of benzene rings is 8. The van der Waals surface area contributed by atoms with E-state index in [0.29, 0.717) is 0 Å². The van der Waals surface area contributed by atoms with Crippen molar-refractivity contribution in [2.75, 3.05) is 0 Å². The molecule has 0 N–H and O–H groups in total. The van der Waals surface area contributed by atoms with Gasteiger partial charge in [0.1, 0.15) is 22.7 Å². The first kappa shape index (κ1) is 32.5. The third-order valence-corrected chi connectivity index (χ3v) is 11.4. The first-order valence-corrected chi connectivity index (χ1v) is 19.0. The van der Waals surface area contributed by atoms with Gasteiger partial charge in [0.15, 0.2) is 0 Å². The SMILES string of the molecule is CC(C)(C)c1ccc(-c2cc(-c3cc4ccccc4o3)c3ccc4c(-c5ccc(C(C)(C)C)cc5)cc(-c5cc6ccccc6o5)c5ccc2c3c45)cc1. The highest BCUT2D eigenvalue weighted by Crippen LogP contribution is 2.49. The van der Waals surface area contributed by atoms with Crippen LogP contribution >= 0.6 is 0 Å². The zero-order chi connectivity index (χ0) is 36.9. The monoisotopic (exact) mass is 698 g/mol. The first-order valence-electron chi connectivity index (χ1n) is 19.0. The van der Waals surface area contributed by atoms with E-state index in [0.717, 1.165) is 44.6 Å². The Morgan fingerprint density at radius 3 is 1.06 bits per heavy atom. The van der Waals surface area contributed by atoms with Gasteiger partial charge in [0.2, 0.25) is 0 Å². The summed E-state index contributed by atoms with van der Waals surface area (Å²) < 4.78 is 13.3. The molecule has 54 heavy (non-hydrogen) atoms. The summed E-state index contributed by atoms with van der Waals surface area (Å²) in [5, 5.41) is 9.47. The van der Waals surface area contributed by atoms with Gasteiger partial charge in [-0.05, 0) is 113 Å². The molecular formula is C52H42O2. The lowest BCUT2D eigenvalue weighted by Gasteiger charge is -2.22. The van der Waals surface area contributed by atoms with Gasteiger partial charge < -0.3 is 8.83 Å². The Labute approximate surface area is 316 Å². The second-order valence-corrected chi connectivity index (χ2v) is 17.0. The van der Waals surface area contributed by atoms with Crippen LogP contribution in [-0.2, 0) is 10.8 Å². The molecule has 2 aromatic heterocycles. The molecule has 0 aliphatic heterocycles. The Balaban J connectivity index is 1.33. The molecule has 0 saturated carbocycles. The standard InChI is InChI=1S/C52H42O2/c1-51(2,3)35-19-15-31(16-20-35)41-29-43(47-27-33-11-7-9-13-45(33)53-47)39-26-24-38-42(32-17-21-36(22-18-32)52(4,5)6)30-44(40-25-23-37(41)49(39)50(38)40)48-28-34-12-8-10-14-46(34)54-48/h7-30H,1-6H3. The van der Waals surface area contributed by atoms with E-state index in [1.165, 1.54) is 65.7 Å². The smallest absolute Gasteiger partial charge is 0.136 e. The van der Waals surface area contributed by atoms with Crippen molar-refractivity contribution in [2.24, 2.45) is 0 Å². The molecule has 0 unspecified atom stereocenters. The molecule has 262 valence electrons. The van der Waals surface area contributed by atoms with Gasteiger partial charge in [0.25, 0.3) is 0 Å². The van der Waals surface area contributed by atoms with Crippen molar-refractivity contribution in [2.45, 2.75) is 52.4 Å². The van der Waals surface area contributed by atoms with E-state index < -0.39 is 0 Å². The third-order valence-electron chi connectivity index (χ3n) is 11.4. The second kappa shape index (κ2) is 11.7. The molecule has 2 heterocycles. The van der Waals surface area contributed by atoms with Crippen LogP contribution in [0.5, 0.6) is 0 Å². The minimum absolute atomic E-state index is 0.0646.